The zero-order chi connectivity index (χ0) is 16.1. The second-order valence-corrected chi connectivity index (χ2v) is 4.85. The number of likely N-dealkylation sites (N-methyl/N-ethyl adjacent to an activating group) is 1. The minimum Gasteiger partial charge on any atom is -0.457 e. The Balaban J connectivity index is 1.88. The Hall–Kier alpha value is -2.63. The summed E-state index contributed by atoms with van der Waals surface area (Å²) in [6.45, 7) is 1.37. The summed E-state index contributed by atoms with van der Waals surface area (Å²) in [5, 5.41) is 0. The fraction of sp³-hybridized carbons (Fsp3) is 0.250. The monoisotopic (exact) mass is 305 g/mol. The van der Waals surface area contributed by atoms with E-state index in [2.05, 4.69) is 0 Å². The first-order chi connectivity index (χ1) is 10.5. The molecule has 1 aromatic heterocycles. The molecule has 116 valence electrons. The maximum absolute atomic E-state index is 13.5. The van der Waals surface area contributed by atoms with Crippen molar-refractivity contribution in [1.82, 2.24) is 4.90 Å². The first-order valence-corrected chi connectivity index (χ1v) is 6.67. The van der Waals surface area contributed by atoms with E-state index >= 15 is 0 Å². The molecule has 5 nitrogen and oxygen atoms in total. The first-order valence-electron chi connectivity index (χ1n) is 6.67. The maximum atomic E-state index is 13.5. The van der Waals surface area contributed by atoms with Crippen LogP contribution in [0.2, 0.25) is 0 Å². The van der Waals surface area contributed by atoms with Gasteiger partial charge in [-0.25, -0.2) is 9.18 Å². The van der Waals surface area contributed by atoms with Gasteiger partial charge in [-0.3, -0.25) is 4.79 Å². The van der Waals surface area contributed by atoms with Crippen LogP contribution in [0.5, 0.6) is 0 Å². The third-order valence-electron chi connectivity index (χ3n) is 3.17. The van der Waals surface area contributed by atoms with Crippen LogP contribution in [0.15, 0.2) is 41.0 Å². The highest BCUT2D eigenvalue weighted by Crippen LogP contribution is 2.11. The van der Waals surface area contributed by atoms with E-state index in [0.717, 1.165) is 0 Å². The van der Waals surface area contributed by atoms with Gasteiger partial charge in [-0.1, -0.05) is 18.2 Å². The number of hydrogen-bond acceptors (Lipinski definition) is 4. The molecule has 0 radical (unpaired) electrons. The van der Waals surface area contributed by atoms with Crippen LogP contribution >= 0.6 is 0 Å². The minimum atomic E-state index is -0.699. The van der Waals surface area contributed by atoms with E-state index in [1.54, 1.807) is 31.2 Å². The minimum absolute atomic E-state index is 0.0737. The lowest BCUT2D eigenvalue weighted by Crippen LogP contribution is -2.31. The van der Waals surface area contributed by atoms with Crippen molar-refractivity contribution in [2.45, 2.75) is 13.5 Å². The summed E-state index contributed by atoms with van der Waals surface area (Å²) in [6.07, 6.45) is 1.37. The van der Waals surface area contributed by atoms with E-state index in [1.165, 1.54) is 24.3 Å². The molecule has 6 heteroatoms. The van der Waals surface area contributed by atoms with Gasteiger partial charge < -0.3 is 14.1 Å². The molecule has 0 aliphatic heterocycles. The summed E-state index contributed by atoms with van der Waals surface area (Å²) in [5.41, 5.74) is 1.03. The SMILES string of the molecule is Cc1ccoc1C(=O)OCC(=O)N(C)Cc1ccccc1F. The third kappa shape index (κ3) is 3.72. The van der Waals surface area contributed by atoms with Gasteiger partial charge in [0, 0.05) is 24.7 Å². The largest absolute Gasteiger partial charge is 0.457 e. The Bertz CT molecular complexity index is 680. The quantitative estimate of drug-likeness (QED) is 0.797. The van der Waals surface area contributed by atoms with Crippen LogP contribution in [0.3, 0.4) is 0 Å². The Morgan fingerprint density at radius 3 is 2.64 bits per heavy atom. The van der Waals surface area contributed by atoms with Crippen LogP contribution in [-0.2, 0) is 16.1 Å². The van der Waals surface area contributed by atoms with E-state index in [0.29, 0.717) is 11.1 Å². The average Bonchev–Trinajstić information content (AvgIpc) is 2.93. The van der Waals surface area contributed by atoms with Gasteiger partial charge in [0.25, 0.3) is 5.91 Å². The van der Waals surface area contributed by atoms with Crippen molar-refractivity contribution in [3.05, 3.63) is 59.3 Å². The Kier molecular flexibility index (Phi) is 4.93. The number of furan rings is 1. The molecule has 0 aliphatic rings. The summed E-state index contributed by atoms with van der Waals surface area (Å²) in [5.74, 6) is -1.44. The maximum Gasteiger partial charge on any atom is 0.375 e. The molecular weight excluding hydrogens is 289 g/mol. The summed E-state index contributed by atoms with van der Waals surface area (Å²) >= 11 is 0. The van der Waals surface area contributed by atoms with Gasteiger partial charge in [0.05, 0.1) is 6.26 Å². The highest BCUT2D eigenvalue weighted by atomic mass is 19.1. The van der Waals surface area contributed by atoms with Crippen LogP contribution in [0.1, 0.15) is 21.7 Å². The lowest BCUT2D eigenvalue weighted by molar-refractivity contribution is -0.133. The third-order valence-corrected chi connectivity index (χ3v) is 3.17. The molecule has 2 aromatic rings. The fourth-order valence-electron chi connectivity index (χ4n) is 1.86. The predicted octanol–water partition coefficient (Wildman–Crippen LogP) is 2.54. The van der Waals surface area contributed by atoms with E-state index in [-0.39, 0.29) is 18.1 Å². The average molecular weight is 305 g/mol. The first kappa shape index (κ1) is 15.8. The van der Waals surface area contributed by atoms with Gasteiger partial charge in [0.15, 0.2) is 6.61 Å². The molecule has 0 unspecified atom stereocenters. The number of ether oxygens (including phenoxy) is 1. The van der Waals surface area contributed by atoms with Gasteiger partial charge in [0.2, 0.25) is 5.76 Å². The van der Waals surface area contributed by atoms with Gasteiger partial charge in [-0.15, -0.1) is 0 Å². The number of esters is 1. The molecule has 0 saturated carbocycles. The van der Waals surface area contributed by atoms with Crippen molar-refractivity contribution in [3.63, 3.8) is 0 Å². The van der Waals surface area contributed by atoms with Crippen molar-refractivity contribution < 1.29 is 23.1 Å². The van der Waals surface area contributed by atoms with Crippen molar-refractivity contribution in [1.29, 1.82) is 0 Å². The van der Waals surface area contributed by atoms with E-state index in [1.807, 2.05) is 0 Å². The molecule has 1 aromatic carbocycles. The molecule has 2 rings (SSSR count). The molecule has 1 amide bonds. The molecule has 0 fully saturated rings. The highest BCUT2D eigenvalue weighted by molar-refractivity contribution is 5.90. The Morgan fingerprint density at radius 2 is 2.00 bits per heavy atom. The van der Waals surface area contributed by atoms with Crippen LogP contribution in [0, 0.1) is 12.7 Å². The normalized spacial score (nSPS) is 10.3. The number of aryl methyl sites for hydroxylation is 1. The standard InChI is InChI=1S/C16H16FNO4/c1-11-7-8-21-15(11)16(20)22-10-14(19)18(2)9-12-5-3-4-6-13(12)17/h3-8H,9-10H2,1-2H3. The van der Waals surface area contributed by atoms with Gasteiger partial charge >= 0.3 is 5.97 Å². The number of amides is 1. The molecule has 22 heavy (non-hydrogen) atoms. The van der Waals surface area contributed by atoms with Crippen molar-refractivity contribution in [3.8, 4) is 0 Å². The zero-order valence-electron chi connectivity index (χ0n) is 12.3. The van der Waals surface area contributed by atoms with E-state index < -0.39 is 18.5 Å². The number of rotatable bonds is 5. The topological polar surface area (TPSA) is 59.8 Å². The van der Waals surface area contributed by atoms with Gasteiger partial charge in [-0.05, 0) is 19.1 Å². The lowest BCUT2D eigenvalue weighted by atomic mass is 10.2. The van der Waals surface area contributed by atoms with Crippen molar-refractivity contribution in [2.24, 2.45) is 0 Å². The Morgan fingerprint density at radius 1 is 1.27 bits per heavy atom. The number of halogens is 1. The Labute approximate surface area is 127 Å². The summed E-state index contributed by atoms with van der Waals surface area (Å²) in [6, 6.07) is 7.82. The van der Waals surface area contributed by atoms with Crippen LogP contribution in [0.4, 0.5) is 4.39 Å². The van der Waals surface area contributed by atoms with Crippen LogP contribution < -0.4 is 0 Å². The summed E-state index contributed by atoms with van der Waals surface area (Å²) < 4.78 is 23.4. The summed E-state index contributed by atoms with van der Waals surface area (Å²) in [4.78, 5) is 24.9. The highest BCUT2D eigenvalue weighted by Gasteiger charge is 2.18. The predicted molar refractivity (Wildman–Crippen MR) is 76.6 cm³/mol. The molecule has 0 spiro atoms. The molecule has 0 atom stereocenters. The molecule has 0 saturated heterocycles. The van der Waals surface area contributed by atoms with Crippen LogP contribution in [0.25, 0.3) is 0 Å². The molecule has 1 heterocycles. The number of carbonyl (C=O) groups is 2. The second kappa shape index (κ2) is 6.89. The number of benzene rings is 1. The van der Waals surface area contributed by atoms with E-state index in [4.69, 9.17) is 9.15 Å². The molecular formula is C16H16FNO4. The smallest absolute Gasteiger partial charge is 0.375 e. The van der Waals surface area contributed by atoms with Crippen LogP contribution in [-0.4, -0.2) is 30.4 Å². The molecule has 0 bridgehead atoms. The van der Waals surface area contributed by atoms with Crippen molar-refractivity contribution >= 4 is 11.9 Å². The number of nitrogens with zero attached hydrogens (tertiary/aromatic N) is 1. The van der Waals surface area contributed by atoms with E-state index in [9.17, 15) is 14.0 Å². The van der Waals surface area contributed by atoms with Gasteiger partial charge in [0.1, 0.15) is 5.82 Å². The number of carbonyl (C=O) groups excluding carboxylic acids is 2. The zero-order valence-corrected chi connectivity index (χ0v) is 12.3. The second-order valence-electron chi connectivity index (χ2n) is 4.85. The number of hydrogen-bond donors (Lipinski definition) is 0. The molecule has 0 N–H and O–H groups in total. The van der Waals surface area contributed by atoms with Crippen molar-refractivity contribution in [2.75, 3.05) is 13.7 Å². The molecule has 0 aliphatic carbocycles. The lowest BCUT2D eigenvalue weighted by Gasteiger charge is -2.17. The van der Waals surface area contributed by atoms with Gasteiger partial charge in [-0.2, -0.15) is 0 Å². The summed E-state index contributed by atoms with van der Waals surface area (Å²) in [7, 11) is 1.51. The fourth-order valence-corrected chi connectivity index (χ4v) is 1.86.